The van der Waals surface area contributed by atoms with Crippen LogP contribution in [0.3, 0.4) is 0 Å². The molecule has 1 N–H and O–H groups in total. The summed E-state index contributed by atoms with van der Waals surface area (Å²) in [5.74, 6) is 1.000. The van der Waals surface area contributed by atoms with Crippen molar-refractivity contribution in [2.24, 2.45) is 0 Å². The van der Waals surface area contributed by atoms with E-state index in [0.29, 0.717) is 0 Å². The van der Waals surface area contributed by atoms with Gasteiger partial charge in [0, 0.05) is 29.7 Å². The zero-order valence-electron chi connectivity index (χ0n) is 14.5. The van der Waals surface area contributed by atoms with Crippen LogP contribution in [0.15, 0.2) is 66.2 Å². The summed E-state index contributed by atoms with van der Waals surface area (Å²) in [5, 5.41) is 4.04. The molecule has 3 heterocycles. The van der Waals surface area contributed by atoms with Gasteiger partial charge in [0.2, 0.25) is 5.91 Å². The van der Waals surface area contributed by atoms with E-state index in [1.807, 2.05) is 53.1 Å². The maximum absolute atomic E-state index is 12.5. The molecule has 0 atom stereocenters. The first-order valence-electron chi connectivity index (χ1n) is 8.76. The Morgan fingerprint density at radius 2 is 2.11 bits per heavy atom. The summed E-state index contributed by atoms with van der Waals surface area (Å²) in [4.78, 5) is 21.5. The van der Waals surface area contributed by atoms with Crippen LogP contribution in [0.4, 0.5) is 5.69 Å². The van der Waals surface area contributed by atoms with Crippen LogP contribution in [-0.2, 0) is 17.9 Å². The lowest BCUT2D eigenvalue weighted by Gasteiger charge is -2.08. The summed E-state index contributed by atoms with van der Waals surface area (Å²) in [7, 11) is 0. The van der Waals surface area contributed by atoms with Crippen LogP contribution in [-0.4, -0.2) is 30.8 Å². The third kappa shape index (κ3) is 3.10. The SMILES string of the molecule is O=C(Cn1cnc2ccccc21)Nc1cccc(-c2cn3c(n2)SCC3)c1. The number of fused-ring (bicyclic) bond motifs is 2. The fourth-order valence-electron chi connectivity index (χ4n) is 3.30. The maximum Gasteiger partial charge on any atom is 0.244 e. The molecule has 1 amide bonds. The Bertz CT molecular complexity index is 1120. The van der Waals surface area contributed by atoms with Crippen molar-refractivity contribution in [1.29, 1.82) is 0 Å². The number of aryl methyl sites for hydroxylation is 1. The Morgan fingerprint density at radius 3 is 3.04 bits per heavy atom. The van der Waals surface area contributed by atoms with Gasteiger partial charge in [-0.05, 0) is 24.3 Å². The Balaban J connectivity index is 1.33. The average Bonchev–Trinajstić information content (AvgIpc) is 3.37. The Kier molecular flexibility index (Phi) is 3.94. The van der Waals surface area contributed by atoms with Crippen molar-refractivity contribution in [2.45, 2.75) is 18.2 Å². The Morgan fingerprint density at radius 1 is 1.19 bits per heavy atom. The van der Waals surface area contributed by atoms with Crippen LogP contribution in [0.5, 0.6) is 0 Å². The van der Waals surface area contributed by atoms with E-state index in [4.69, 9.17) is 0 Å². The number of thioether (sulfide) groups is 1. The van der Waals surface area contributed by atoms with Gasteiger partial charge in [-0.3, -0.25) is 4.79 Å². The topological polar surface area (TPSA) is 64.7 Å². The Hall–Kier alpha value is -3.06. The number of nitrogens with one attached hydrogen (secondary N) is 1. The number of benzene rings is 2. The van der Waals surface area contributed by atoms with Gasteiger partial charge < -0.3 is 14.5 Å². The number of rotatable bonds is 4. The molecule has 6 nitrogen and oxygen atoms in total. The maximum atomic E-state index is 12.5. The number of hydrogen-bond acceptors (Lipinski definition) is 4. The summed E-state index contributed by atoms with van der Waals surface area (Å²) < 4.78 is 4.03. The molecule has 0 unspecified atom stereocenters. The molecule has 0 radical (unpaired) electrons. The minimum absolute atomic E-state index is 0.0850. The van der Waals surface area contributed by atoms with Crippen LogP contribution in [0, 0.1) is 0 Å². The Labute approximate surface area is 160 Å². The van der Waals surface area contributed by atoms with Crippen molar-refractivity contribution in [2.75, 3.05) is 11.1 Å². The number of nitrogens with zero attached hydrogens (tertiary/aromatic N) is 4. The molecular weight excluding hydrogens is 358 g/mol. The third-order valence-corrected chi connectivity index (χ3v) is 5.56. The summed E-state index contributed by atoms with van der Waals surface area (Å²) in [5.41, 5.74) is 4.55. The number of anilines is 1. The molecule has 0 aliphatic carbocycles. The molecule has 0 fully saturated rings. The molecule has 1 aliphatic rings. The summed E-state index contributed by atoms with van der Waals surface area (Å²) >= 11 is 1.77. The van der Waals surface area contributed by atoms with Crippen molar-refractivity contribution in [1.82, 2.24) is 19.1 Å². The largest absolute Gasteiger partial charge is 0.325 e. The first-order chi connectivity index (χ1) is 13.3. The predicted octanol–water partition coefficient (Wildman–Crippen LogP) is 3.64. The van der Waals surface area contributed by atoms with Crippen LogP contribution < -0.4 is 5.32 Å². The molecule has 2 aromatic heterocycles. The highest BCUT2D eigenvalue weighted by molar-refractivity contribution is 7.99. The smallest absolute Gasteiger partial charge is 0.244 e. The van der Waals surface area contributed by atoms with Crippen molar-refractivity contribution in [3.8, 4) is 11.3 Å². The van der Waals surface area contributed by atoms with E-state index in [0.717, 1.165) is 45.4 Å². The molecule has 2 aromatic carbocycles. The first kappa shape index (κ1) is 16.1. The van der Waals surface area contributed by atoms with E-state index in [1.54, 1.807) is 18.1 Å². The zero-order chi connectivity index (χ0) is 18.2. The van der Waals surface area contributed by atoms with Crippen LogP contribution in [0.2, 0.25) is 0 Å². The molecule has 134 valence electrons. The quantitative estimate of drug-likeness (QED) is 0.591. The monoisotopic (exact) mass is 375 g/mol. The second-order valence-corrected chi connectivity index (χ2v) is 7.50. The molecule has 0 bridgehead atoms. The van der Waals surface area contributed by atoms with Gasteiger partial charge in [0.15, 0.2) is 5.16 Å². The van der Waals surface area contributed by atoms with E-state index in [1.165, 1.54) is 0 Å². The van der Waals surface area contributed by atoms with Gasteiger partial charge in [-0.25, -0.2) is 9.97 Å². The van der Waals surface area contributed by atoms with Gasteiger partial charge in [0.25, 0.3) is 0 Å². The molecule has 1 aliphatic heterocycles. The van der Waals surface area contributed by atoms with Crippen molar-refractivity contribution < 1.29 is 4.79 Å². The number of imidazole rings is 2. The molecule has 0 saturated heterocycles. The van der Waals surface area contributed by atoms with Crippen LogP contribution >= 0.6 is 11.8 Å². The lowest BCUT2D eigenvalue weighted by molar-refractivity contribution is -0.116. The standard InChI is InChI=1S/C20H17N5OS/c26-19(12-25-13-21-16-6-1-2-7-18(16)25)22-15-5-3-4-14(10-15)17-11-24-8-9-27-20(24)23-17/h1-7,10-11,13H,8-9,12H2,(H,22,26). The van der Waals surface area contributed by atoms with Crippen molar-refractivity contribution in [3.63, 3.8) is 0 Å². The van der Waals surface area contributed by atoms with Gasteiger partial charge in [-0.15, -0.1) is 0 Å². The van der Waals surface area contributed by atoms with Gasteiger partial charge >= 0.3 is 0 Å². The molecular formula is C20H17N5OS. The summed E-state index contributed by atoms with van der Waals surface area (Å²) in [6.45, 7) is 1.22. The van der Waals surface area contributed by atoms with Gasteiger partial charge in [0.05, 0.1) is 23.1 Å². The summed E-state index contributed by atoms with van der Waals surface area (Å²) in [6, 6.07) is 15.6. The van der Waals surface area contributed by atoms with Gasteiger partial charge in [-0.1, -0.05) is 36.0 Å². The molecule has 5 rings (SSSR count). The highest BCUT2D eigenvalue weighted by atomic mass is 32.2. The summed E-state index contributed by atoms with van der Waals surface area (Å²) in [6.07, 6.45) is 3.78. The normalized spacial score (nSPS) is 13.0. The minimum atomic E-state index is -0.0850. The third-order valence-electron chi connectivity index (χ3n) is 4.59. The molecule has 4 aromatic rings. The fourth-order valence-corrected chi connectivity index (χ4v) is 4.24. The molecule has 0 saturated carbocycles. The van der Waals surface area contributed by atoms with E-state index in [2.05, 4.69) is 26.0 Å². The lowest BCUT2D eigenvalue weighted by atomic mass is 10.1. The number of hydrogen-bond donors (Lipinski definition) is 1. The van der Waals surface area contributed by atoms with Crippen LogP contribution in [0.25, 0.3) is 22.3 Å². The van der Waals surface area contributed by atoms with E-state index < -0.39 is 0 Å². The van der Waals surface area contributed by atoms with Gasteiger partial charge in [-0.2, -0.15) is 0 Å². The lowest BCUT2D eigenvalue weighted by Crippen LogP contribution is -2.18. The number of aromatic nitrogens is 4. The molecule has 27 heavy (non-hydrogen) atoms. The second kappa shape index (κ2) is 6.59. The minimum Gasteiger partial charge on any atom is -0.325 e. The number of carbonyl (C=O) groups is 1. The zero-order valence-corrected chi connectivity index (χ0v) is 15.3. The average molecular weight is 375 g/mol. The number of para-hydroxylation sites is 2. The van der Waals surface area contributed by atoms with Crippen molar-refractivity contribution >= 4 is 34.4 Å². The van der Waals surface area contributed by atoms with E-state index in [9.17, 15) is 4.79 Å². The molecule has 7 heteroatoms. The fraction of sp³-hybridized carbons (Fsp3) is 0.150. The van der Waals surface area contributed by atoms with E-state index in [-0.39, 0.29) is 12.5 Å². The highest BCUT2D eigenvalue weighted by Gasteiger charge is 2.15. The van der Waals surface area contributed by atoms with Crippen molar-refractivity contribution in [3.05, 3.63) is 61.1 Å². The van der Waals surface area contributed by atoms with Gasteiger partial charge in [0.1, 0.15) is 6.54 Å². The predicted molar refractivity (Wildman–Crippen MR) is 107 cm³/mol. The first-order valence-corrected chi connectivity index (χ1v) is 9.75. The second-order valence-electron chi connectivity index (χ2n) is 6.44. The highest BCUT2D eigenvalue weighted by Crippen LogP contribution is 2.29. The number of amides is 1. The molecule has 0 spiro atoms. The van der Waals surface area contributed by atoms with Crippen LogP contribution in [0.1, 0.15) is 0 Å². The van der Waals surface area contributed by atoms with E-state index >= 15 is 0 Å². The number of carbonyl (C=O) groups excluding carboxylic acids is 1.